The quantitative estimate of drug-likeness (QED) is 0.784. The van der Waals surface area contributed by atoms with Crippen molar-refractivity contribution in [1.29, 1.82) is 0 Å². The Morgan fingerprint density at radius 1 is 0.950 bits per heavy atom. The third-order valence-electron chi connectivity index (χ3n) is 2.83. The fraction of sp³-hybridized carbons (Fsp3) is 0.167. The van der Waals surface area contributed by atoms with Crippen LogP contribution in [0.4, 0.5) is 0 Å². The highest BCUT2D eigenvalue weighted by atomic mass is 35.5. The SMILES string of the molecule is Oc1c(Cn2cncn2)cc(Cl)cc1Cn1cncn1. The van der Waals surface area contributed by atoms with E-state index >= 15 is 0 Å². The summed E-state index contributed by atoms with van der Waals surface area (Å²) in [5.41, 5.74) is 1.36. The van der Waals surface area contributed by atoms with E-state index in [1.54, 1.807) is 34.2 Å². The molecule has 8 heteroatoms. The Morgan fingerprint density at radius 3 is 1.85 bits per heavy atom. The standard InChI is InChI=1S/C12H11ClN6O/c13-11-1-9(3-18-7-14-5-16-18)12(20)10(2-11)4-19-8-15-6-17-19/h1-2,5-8,20H,3-4H2. The van der Waals surface area contributed by atoms with Crippen molar-refractivity contribution in [3.8, 4) is 5.75 Å². The number of aromatic hydroxyl groups is 1. The highest BCUT2D eigenvalue weighted by Gasteiger charge is 2.11. The second-order valence-electron chi connectivity index (χ2n) is 4.26. The number of halogens is 1. The normalized spacial score (nSPS) is 10.8. The molecule has 0 aliphatic rings. The van der Waals surface area contributed by atoms with Gasteiger partial charge in [0.2, 0.25) is 0 Å². The fourth-order valence-electron chi connectivity index (χ4n) is 1.94. The predicted octanol–water partition coefficient (Wildman–Crippen LogP) is 1.33. The number of phenols is 1. The first kappa shape index (κ1) is 12.6. The Kier molecular flexibility index (Phi) is 3.34. The molecule has 102 valence electrons. The van der Waals surface area contributed by atoms with Gasteiger partial charge in [-0.2, -0.15) is 10.2 Å². The number of aromatic nitrogens is 6. The van der Waals surface area contributed by atoms with Gasteiger partial charge >= 0.3 is 0 Å². The van der Waals surface area contributed by atoms with E-state index in [1.165, 1.54) is 12.7 Å². The largest absolute Gasteiger partial charge is 0.507 e. The van der Waals surface area contributed by atoms with Gasteiger partial charge in [0.15, 0.2) is 0 Å². The van der Waals surface area contributed by atoms with Gasteiger partial charge in [-0.25, -0.2) is 19.3 Å². The summed E-state index contributed by atoms with van der Waals surface area (Å²) in [4.78, 5) is 7.74. The van der Waals surface area contributed by atoms with Crippen molar-refractivity contribution in [2.45, 2.75) is 13.1 Å². The van der Waals surface area contributed by atoms with Crippen LogP contribution in [0.5, 0.6) is 5.75 Å². The fourth-order valence-corrected chi connectivity index (χ4v) is 2.20. The van der Waals surface area contributed by atoms with Crippen LogP contribution in [-0.4, -0.2) is 34.6 Å². The first-order valence-corrected chi connectivity index (χ1v) is 6.25. The molecule has 2 aromatic heterocycles. The van der Waals surface area contributed by atoms with Crippen molar-refractivity contribution in [2.24, 2.45) is 0 Å². The van der Waals surface area contributed by atoms with E-state index < -0.39 is 0 Å². The second-order valence-corrected chi connectivity index (χ2v) is 4.70. The van der Waals surface area contributed by atoms with Crippen molar-refractivity contribution in [2.75, 3.05) is 0 Å². The van der Waals surface area contributed by atoms with Crippen molar-refractivity contribution in [1.82, 2.24) is 29.5 Å². The molecule has 0 fully saturated rings. The van der Waals surface area contributed by atoms with Crippen LogP contribution in [0, 0.1) is 0 Å². The number of nitrogens with zero attached hydrogens (tertiary/aromatic N) is 6. The third-order valence-corrected chi connectivity index (χ3v) is 3.05. The van der Waals surface area contributed by atoms with Crippen LogP contribution >= 0.6 is 11.6 Å². The van der Waals surface area contributed by atoms with Crippen molar-refractivity contribution >= 4 is 11.6 Å². The lowest BCUT2D eigenvalue weighted by Gasteiger charge is -2.11. The van der Waals surface area contributed by atoms with Gasteiger partial charge in [0.05, 0.1) is 13.1 Å². The van der Waals surface area contributed by atoms with Crippen LogP contribution in [0.2, 0.25) is 5.02 Å². The van der Waals surface area contributed by atoms with E-state index in [2.05, 4.69) is 20.2 Å². The zero-order valence-corrected chi connectivity index (χ0v) is 11.1. The molecule has 1 N–H and O–H groups in total. The Hall–Kier alpha value is -2.41. The second kappa shape index (κ2) is 5.30. The van der Waals surface area contributed by atoms with Crippen LogP contribution in [-0.2, 0) is 13.1 Å². The maximum atomic E-state index is 10.3. The smallest absolute Gasteiger partial charge is 0.137 e. The van der Waals surface area contributed by atoms with Crippen LogP contribution in [0.1, 0.15) is 11.1 Å². The molecule has 0 aliphatic heterocycles. The summed E-state index contributed by atoms with van der Waals surface area (Å²) >= 11 is 6.10. The topological polar surface area (TPSA) is 81.6 Å². The van der Waals surface area contributed by atoms with Gasteiger partial charge in [0, 0.05) is 16.1 Å². The van der Waals surface area contributed by atoms with Crippen LogP contribution in [0.25, 0.3) is 0 Å². The number of phenolic OH excluding ortho intramolecular Hbond substituents is 1. The van der Waals surface area contributed by atoms with E-state index in [0.29, 0.717) is 29.2 Å². The molecule has 20 heavy (non-hydrogen) atoms. The molecule has 3 aromatic rings. The van der Waals surface area contributed by atoms with Crippen LogP contribution in [0.15, 0.2) is 37.4 Å². The molecule has 0 amide bonds. The zero-order valence-electron chi connectivity index (χ0n) is 10.4. The van der Waals surface area contributed by atoms with Gasteiger partial charge in [-0.1, -0.05) is 11.6 Å². The molecule has 3 rings (SSSR count). The van der Waals surface area contributed by atoms with Gasteiger partial charge in [-0.05, 0) is 12.1 Å². The molecule has 0 atom stereocenters. The van der Waals surface area contributed by atoms with Gasteiger partial charge < -0.3 is 5.11 Å². The molecule has 0 unspecified atom stereocenters. The molecule has 2 heterocycles. The summed E-state index contributed by atoms with van der Waals surface area (Å²) in [6, 6.07) is 3.42. The number of benzene rings is 1. The Balaban J connectivity index is 1.92. The maximum absolute atomic E-state index is 10.3. The summed E-state index contributed by atoms with van der Waals surface area (Å²) in [5, 5.41) is 18.9. The Morgan fingerprint density at radius 2 is 1.45 bits per heavy atom. The van der Waals surface area contributed by atoms with E-state index in [9.17, 15) is 5.11 Å². The summed E-state index contributed by atoms with van der Waals surface area (Å²) in [6.45, 7) is 0.799. The maximum Gasteiger partial charge on any atom is 0.137 e. The first-order chi connectivity index (χ1) is 9.72. The first-order valence-electron chi connectivity index (χ1n) is 5.87. The highest BCUT2D eigenvalue weighted by Crippen LogP contribution is 2.28. The van der Waals surface area contributed by atoms with E-state index in [4.69, 9.17) is 11.6 Å². The van der Waals surface area contributed by atoms with Crippen molar-refractivity contribution in [3.63, 3.8) is 0 Å². The lowest BCUT2D eigenvalue weighted by Crippen LogP contribution is -2.04. The molecule has 7 nitrogen and oxygen atoms in total. The minimum atomic E-state index is 0.181. The molecule has 1 aromatic carbocycles. The van der Waals surface area contributed by atoms with Gasteiger partial charge in [-0.3, -0.25) is 0 Å². The molecule has 0 spiro atoms. The molecular formula is C12H11ClN6O. The Labute approximate surface area is 119 Å². The number of hydrogen-bond acceptors (Lipinski definition) is 5. The van der Waals surface area contributed by atoms with Crippen LogP contribution in [0.3, 0.4) is 0 Å². The van der Waals surface area contributed by atoms with Gasteiger partial charge in [0.1, 0.15) is 31.1 Å². The number of rotatable bonds is 4. The lowest BCUT2D eigenvalue weighted by atomic mass is 10.1. The highest BCUT2D eigenvalue weighted by molar-refractivity contribution is 6.30. The van der Waals surface area contributed by atoms with Crippen LogP contribution < -0.4 is 0 Å². The van der Waals surface area contributed by atoms with E-state index in [1.807, 2.05) is 0 Å². The summed E-state index contributed by atoms with van der Waals surface area (Å²) in [7, 11) is 0. The third kappa shape index (κ3) is 2.62. The van der Waals surface area contributed by atoms with E-state index in [-0.39, 0.29) is 5.75 Å². The molecular weight excluding hydrogens is 280 g/mol. The molecule has 0 saturated carbocycles. The average molecular weight is 291 g/mol. The van der Waals surface area contributed by atoms with E-state index in [0.717, 1.165) is 0 Å². The predicted molar refractivity (Wildman–Crippen MR) is 71.4 cm³/mol. The van der Waals surface area contributed by atoms with Crippen molar-refractivity contribution in [3.05, 3.63) is 53.6 Å². The lowest BCUT2D eigenvalue weighted by molar-refractivity contribution is 0.452. The summed E-state index contributed by atoms with van der Waals surface area (Å²) in [5.74, 6) is 0.181. The van der Waals surface area contributed by atoms with Gasteiger partial charge in [-0.15, -0.1) is 0 Å². The van der Waals surface area contributed by atoms with Crippen molar-refractivity contribution < 1.29 is 5.11 Å². The molecule has 0 radical (unpaired) electrons. The van der Waals surface area contributed by atoms with Gasteiger partial charge in [0.25, 0.3) is 0 Å². The minimum Gasteiger partial charge on any atom is -0.507 e. The summed E-state index contributed by atoms with van der Waals surface area (Å²) in [6.07, 6.45) is 6.05. The minimum absolute atomic E-state index is 0.181. The Bertz CT molecular complexity index is 638. The molecule has 0 aliphatic carbocycles. The monoisotopic (exact) mass is 290 g/mol. The molecule has 0 saturated heterocycles. The number of hydrogen-bond donors (Lipinski definition) is 1. The molecule has 0 bridgehead atoms. The summed E-state index contributed by atoms with van der Waals surface area (Å²) < 4.78 is 3.23. The average Bonchev–Trinajstić information content (AvgIpc) is 3.08. The zero-order chi connectivity index (χ0) is 13.9.